The van der Waals surface area contributed by atoms with Crippen LogP contribution in [0.15, 0.2) is 41.0 Å². The van der Waals surface area contributed by atoms with Crippen molar-refractivity contribution in [2.45, 2.75) is 13.3 Å². The summed E-state index contributed by atoms with van der Waals surface area (Å²) in [5.74, 6) is 1.01. The van der Waals surface area contributed by atoms with Crippen molar-refractivity contribution in [2.24, 2.45) is 0 Å². The number of aromatic nitrogens is 1. The normalized spacial score (nSPS) is 13.9. The summed E-state index contributed by atoms with van der Waals surface area (Å²) in [5.41, 5.74) is 3.86. The van der Waals surface area contributed by atoms with Crippen LogP contribution in [-0.4, -0.2) is 11.5 Å². The minimum Gasteiger partial charge on any atom is -0.325 e. The highest BCUT2D eigenvalue weighted by Gasteiger charge is 2.22. The summed E-state index contributed by atoms with van der Waals surface area (Å²) in [5, 5.41) is 0. The molecule has 2 nitrogen and oxygen atoms in total. The van der Waals surface area contributed by atoms with Crippen molar-refractivity contribution in [3.63, 3.8) is 0 Å². The minimum atomic E-state index is 1.01. The molecular weight excluding hydrogens is 276 g/mol. The van der Waals surface area contributed by atoms with E-state index < -0.39 is 0 Å². The molecule has 0 amide bonds. The van der Waals surface area contributed by atoms with Crippen molar-refractivity contribution in [2.75, 3.05) is 11.4 Å². The van der Waals surface area contributed by atoms with E-state index in [1.54, 1.807) is 0 Å². The van der Waals surface area contributed by atoms with Crippen LogP contribution < -0.4 is 4.90 Å². The number of benzene rings is 1. The number of rotatable bonds is 1. The van der Waals surface area contributed by atoms with E-state index in [0.29, 0.717) is 0 Å². The van der Waals surface area contributed by atoms with Crippen LogP contribution in [0.5, 0.6) is 0 Å². The zero-order valence-electron chi connectivity index (χ0n) is 9.65. The Labute approximate surface area is 109 Å². The maximum Gasteiger partial charge on any atom is 0.147 e. The highest BCUT2D eigenvalue weighted by Crippen LogP contribution is 2.36. The molecule has 0 atom stereocenters. The van der Waals surface area contributed by atoms with E-state index in [0.717, 1.165) is 23.3 Å². The Morgan fingerprint density at radius 1 is 1.29 bits per heavy atom. The van der Waals surface area contributed by atoms with Gasteiger partial charge in [-0.3, -0.25) is 0 Å². The lowest BCUT2D eigenvalue weighted by Gasteiger charge is -2.19. The second-order valence-electron chi connectivity index (χ2n) is 4.35. The van der Waals surface area contributed by atoms with Gasteiger partial charge >= 0.3 is 0 Å². The maximum absolute atomic E-state index is 4.54. The zero-order valence-corrected chi connectivity index (χ0v) is 11.2. The van der Waals surface area contributed by atoms with Crippen LogP contribution in [0.4, 0.5) is 11.5 Å². The Morgan fingerprint density at radius 3 is 2.94 bits per heavy atom. The molecule has 3 heteroatoms. The molecule has 0 aliphatic carbocycles. The van der Waals surface area contributed by atoms with Crippen LogP contribution in [-0.2, 0) is 6.42 Å². The van der Waals surface area contributed by atoms with E-state index in [1.165, 1.54) is 16.8 Å². The van der Waals surface area contributed by atoms with Crippen molar-refractivity contribution in [3.05, 3.63) is 52.1 Å². The number of hydrogen-bond donors (Lipinski definition) is 0. The van der Waals surface area contributed by atoms with Gasteiger partial charge in [0, 0.05) is 18.4 Å². The van der Waals surface area contributed by atoms with E-state index >= 15 is 0 Å². The third-order valence-electron chi connectivity index (χ3n) is 3.10. The fraction of sp³-hybridized carbons (Fsp3) is 0.214. The molecule has 0 unspecified atom stereocenters. The first-order valence-electron chi connectivity index (χ1n) is 5.73. The Kier molecular flexibility index (Phi) is 2.63. The van der Waals surface area contributed by atoms with E-state index in [-0.39, 0.29) is 0 Å². The first-order valence-corrected chi connectivity index (χ1v) is 6.52. The smallest absolute Gasteiger partial charge is 0.147 e. The zero-order chi connectivity index (χ0) is 11.8. The average Bonchev–Trinajstić information content (AvgIpc) is 2.73. The lowest BCUT2D eigenvalue weighted by Crippen LogP contribution is -2.15. The van der Waals surface area contributed by atoms with Crippen LogP contribution in [0.25, 0.3) is 0 Å². The third-order valence-corrected chi connectivity index (χ3v) is 3.68. The third kappa shape index (κ3) is 1.84. The number of pyridine rings is 1. The molecular formula is C14H13BrN2. The fourth-order valence-corrected chi connectivity index (χ4v) is 2.96. The number of hydrogen-bond acceptors (Lipinski definition) is 2. The first-order chi connectivity index (χ1) is 8.25. The van der Waals surface area contributed by atoms with Crippen molar-refractivity contribution in [1.82, 2.24) is 4.98 Å². The fourth-order valence-electron chi connectivity index (χ4n) is 2.28. The standard InChI is InChI=1S/C14H13BrN2/c1-10-8-12(15)14(16-9-10)17-7-6-11-4-2-3-5-13(11)17/h2-5,8-9H,6-7H2,1H3. The number of halogens is 1. The summed E-state index contributed by atoms with van der Waals surface area (Å²) in [6, 6.07) is 10.6. The molecule has 1 aromatic heterocycles. The molecule has 0 fully saturated rings. The molecule has 1 aliphatic rings. The number of aryl methyl sites for hydroxylation is 1. The van der Waals surface area contributed by atoms with Crippen LogP contribution in [0, 0.1) is 6.92 Å². The SMILES string of the molecule is Cc1cnc(N2CCc3ccccc32)c(Br)c1. The molecule has 2 aromatic rings. The van der Waals surface area contributed by atoms with Crippen LogP contribution in [0.3, 0.4) is 0 Å². The molecule has 0 saturated carbocycles. The van der Waals surface area contributed by atoms with Crippen molar-refractivity contribution >= 4 is 27.4 Å². The Balaban J connectivity index is 2.07. The molecule has 0 bridgehead atoms. The van der Waals surface area contributed by atoms with Gasteiger partial charge in [0.25, 0.3) is 0 Å². The van der Waals surface area contributed by atoms with Crippen LogP contribution >= 0.6 is 15.9 Å². The average molecular weight is 289 g/mol. The first kappa shape index (κ1) is 10.8. The second kappa shape index (κ2) is 4.15. The van der Waals surface area contributed by atoms with Gasteiger partial charge in [-0.25, -0.2) is 4.98 Å². The minimum absolute atomic E-state index is 1.01. The van der Waals surface area contributed by atoms with Crippen molar-refractivity contribution < 1.29 is 0 Å². The van der Waals surface area contributed by atoms with Gasteiger partial charge < -0.3 is 4.90 Å². The molecule has 0 N–H and O–H groups in total. The van der Waals surface area contributed by atoms with Gasteiger partial charge in [-0.2, -0.15) is 0 Å². The highest BCUT2D eigenvalue weighted by atomic mass is 79.9. The summed E-state index contributed by atoms with van der Waals surface area (Å²) < 4.78 is 1.06. The second-order valence-corrected chi connectivity index (χ2v) is 5.20. The lowest BCUT2D eigenvalue weighted by atomic mass is 10.2. The molecule has 0 saturated heterocycles. The van der Waals surface area contributed by atoms with Crippen LogP contribution in [0.2, 0.25) is 0 Å². The number of para-hydroxylation sites is 1. The van der Waals surface area contributed by atoms with Gasteiger partial charge in [0.05, 0.1) is 4.47 Å². The van der Waals surface area contributed by atoms with Crippen molar-refractivity contribution in [1.29, 1.82) is 0 Å². The van der Waals surface area contributed by atoms with Gasteiger partial charge in [-0.1, -0.05) is 18.2 Å². The van der Waals surface area contributed by atoms with Crippen molar-refractivity contribution in [3.8, 4) is 0 Å². The van der Waals surface area contributed by atoms with E-state index in [9.17, 15) is 0 Å². The van der Waals surface area contributed by atoms with E-state index in [1.807, 2.05) is 6.20 Å². The Morgan fingerprint density at radius 2 is 2.12 bits per heavy atom. The van der Waals surface area contributed by atoms with Gasteiger partial charge in [-0.05, 0) is 52.5 Å². The lowest BCUT2D eigenvalue weighted by molar-refractivity contribution is 0.968. The molecule has 2 heterocycles. The molecule has 3 rings (SSSR count). The maximum atomic E-state index is 4.54. The summed E-state index contributed by atoms with van der Waals surface area (Å²) in [4.78, 5) is 6.81. The quantitative estimate of drug-likeness (QED) is 0.792. The summed E-state index contributed by atoms with van der Waals surface area (Å²) in [6.45, 7) is 3.06. The highest BCUT2D eigenvalue weighted by molar-refractivity contribution is 9.10. The number of anilines is 2. The van der Waals surface area contributed by atoms with E-state index in [2.05, 4.69) is 63.1 Å². The predicted molar refractivity (Wildman–Crippen MR) is 73.8 cm³/mol. The molecule has 0 radical (unpaired) electrons. The van der Waals surface area contributed by atoms with Gasteiger partial charge in [0.2, 0.25) is 0 Å². The monoisotopic (exact) mass is 288 g/mol. The molecule has 1 aliphatic heterocycles. The van der Waals surface area contributed by atoms with Gasteiger partial charge in [0.15, 0.2) is 0 Å². The molecule has 0 spiro atoms. The Bertz CT molecular complexity index is 566. The predicted octanol–water partition coefficient (Wildman–Crippen LogP) is 3.85. The largest absolute Gasteiger partial charge is 0.325 e. The molecule has 86 valence electrons. The Hall–Kier alpha value is -1.35. The number of fused-ring (bicyclic) bond motifs is 1. The topological polar surface area (TPSA) is 16.1 Å². The number of nitrogens with zero attached hydrogens (tertiary/aromatic N) is 2. The van der Waals surface area contributed by atoms with Crippen LogP contribution in [0.1, 0.15) is 11.1 Å². The summed E-state index contributed by atoms with van der Waals surface area (Å²) in [6.07, 6.45) is 3.01. The summed E-state index contributed by atoms with van der Waals surface area (Å²) in [7, 11) is 0. The van der Waals surface area contributed by atoms with Gasteiger partial charge in [-0.15, -0.1) is 0 Å². The molecule has 17 heavy (non-hydrogen) atoms. The molecule has 1 aromatic carbocycles. The van der Waals surface area contributed by atoms with Gasteiger partial charge in [0.1, 0.15) is 5.82 Å². The van der Waals surface area contributed by atoms with E-state index in [4.69, 9.17) is 0 Å². The summed E-state index contributed by atoms with van der Waals surface area (Å²) >= 11 is 3.60.